The van der Waals surface area contributed by atoms with Crippen LogP contribution in [0.15, 0.2) is 24.3 Å². The molecule has 1 aromatic carbocycles. The van der Waals surface area contributed by atoms with E-state index in [0.29, 0.717) is 41.3 Å². The summed E-state index contributed by atoms with van der Waals surface area (Å²) in [5, 5.41) is 0.659. The second-order valence-corrected chi connectivity index (χ2v) is 7.49. The van der Waals surface area contributed by atoms with E-state index in [4.69, 9.17) is 21.1 Å². The monoisotopic (exact) mass is 389 g/mol. The molecule has 1 aliphatic carbocycles. The van der Waals surface area contributed by atoms with Crippen molar-refractivity contribution in [3.05, 3.63) is 57.4 Å². The normalized spacial score (nSPS) is 16.5. The maximum absolute atomic E-state index is 12.7. The molecule has 0 spiro atoms. The molecule has 1 aromatic heterocycles. The van der Waals surface area contributed by atoms with Crippen LogP contribution in [0.25, 0.3) is 0 Å². The lowest BCUT2D eigenvalue weighted by Gasteiger charge is -2.22. The summed E-state index contributed by atoms with van der Waals surface area (Å²) in [6.45, 7) is 6.15. The Hall–Kier alpha value is -2.11. The number of halogens is 1. The number of carbonyl (C=O) groups is 2. The fourth-order valence-corrected chi connectivity index (χ4v) is 3.84. The van der Waals surface area contributed by atoms with Gasteiger partial charge in [-0.25, -0.2) is 4.79 Å². The molecule has 0 radical (unpaired) electrons. The molecule has 0 unspecified atom stereocenters. The van der Waals surface area contributed by atoms with Gasteiger partial charge in [0.05, 0.1) is 12.7 Å². The molecule has 0 bridgehead atoms. The van der Waals surface area contributed by atoms with Crippen molar-refractivity contribution in [3.63, 3.8) is 0 Å². The highest BCUT2D eigenvalue weighted by Crippen LogP contribution is 2.37. The van der Waals surface area contributed by atoms with Gasteiger partial charge in [-0.2, -0.15) is 0 Å². The van der Waals surface area contributed by atoms with Crippen molar-refractivity contribution in [1.82, 2.24) is 4.98 Å². The van der Waals surface area contributed by atoms with E-state index in [1.165, 1.54) is 0 Å². The SMILES string of the molecule is Cc1c(C(=O)OCCOC(C)C)[nH]c2c1C(=O)C[C@@H](c1ccccc1Cl)C2. The number of benzene rings is 1. The first-order chi connectivity index (χ1) is 12.9. The molecule has 27 heavy (non-hydrogen) atoms. The van der Waals surface area contributed by atoms with Gasteiger partial charge < -0.3 is 14.5 Å². The Balaban J connectivity index is 1.77. The van der Waals surface area contributed by atoms with Crippen LogP contribution in [0.1, 0.15) is 63.9 Å². The third-order valence-electron chi connectivity index (χ3n) is 4.81. The molecule has 3 rings (SSSR count). The van der Waals surface area contributed by atoms with Crippen LogP contribution in [0.5, 0.6) is 0 Å². The minimum Gasteiger partial charge on any atom is -0.459 e. The first-order valence-corrected chi connectivity index (χ1v) is 9.54. The van der Waals surface area contributed by atoms with Crippen LogP contribution in [0.4, 0.5) is 0 Å². The van der Waals surface area contributed by atoms with E-state index in [-0.39, 0.29) is 24.4 Å². The number of carbonyl (C=O) groups excluding carboxylic acids is 2. The van der Waals surface area contributed by atoms with Crippen molar-refractivity contribution < 1.29 is 19.1 Å². The Morgan fingerprint density at radius 3 is 2.70 bits per heavy atom. The number of hydrogen-bond donors (Lipinski definition) is 1. The molecule has 144 valence electrons. The number of rotatable bonds is 6. The highest BCUT2D eigenvalue weighted by atomic mass is 35.5. The van der Waals surface area contributed by atoms with Crippen molar-refractivity contribution in [2.24, 2.45) is 0 Å². The lowest BCUT2D eigenvalue weighted by atomic mass is 9.81. The van der Waals surface area contributed by atoms with Crippen molar-refractivity contribution in [3.8, 4) is 0 Å². The zero-order valence-electron chi connectivity index (χ0n) is 15.8. The van der Waals surface area contributed by atoms with Gasteiger partial charge in [-0.1, -0.05) is 29.8 Å². The molecule has 1 aliphatic rings. The number of aromatic amines is 1. The molecule has 0 amide bonds. The highest BCUT2D eigenvalue weighted by Gasteiger charge is 2.32. The molecule has 5 nitrogen and oxygen atoms in total. The summed E-state index contributed by atoms with van der Waals surface area (Å²) in [5.74, 6) is -0.437. The van der Waals surface area contributed by atoms with Crippen LogP contribution >= 0.6 is 11.6 Å². The largest absolute Gasteiger partial charge is 0.459 e. The minimum absolute atomic E-state index is 0.0000576. The van der Waals surface area contributed by atoms with Gasteiger partial charge in [-0.3, -0.25) is 4.79 Å². The third kappa shape index (κ3) is 4.25. The van der Waals surface area contributed by atoms with Gasteiger partial charge in [-0.05, 0) is 50.3 Å². The summed E-state index contributed by atoms with van der Waals surface area (Å²) in [6.07, 6.45) is 1.10. The van der Waals surface area contributed by atoms with Crippen molar-refractivity contribution in [2.45, 2.75) is 45.6 Å². The molecule has 1 N–H and O–H groups in total. The van der Waals surface area contributed by atoms with Gasteiger partial charge in [0, 0.05) is 22.7 Å². The van der Waals surface area contributed by atoms with Crippen LogP contribution in [-0.4, -0.2) is 36.1 Å². The van der Waals surface area contributed by atoms with Gasteiger partial charge in [0.1, 0.15) is 12.3 Å². The van der Waals surface area contributed by atoms with Crippen molar-refractivity contribution >= 4 is 23.4 Å². The van der Waals surface area contributed by atoms with E-state index in [1.807, 2.05) is 38.1 Å². The van der Waals surface area contributed by atoms with Crippen LogP contribution in [0.3, 0.4) is 0 Å². The summed E-state index contributed by atoms with van der Waals surface area (Å²) < 4.78 is 10.7. The quantitative estimate of drug-likeness (QED) is 0.584. The molecule has 2 aromatic rings. The standard InChI is InChI=1S/C21H24ClNO4/c1-12(2)26-8-9-27-21(25)20-13(3)19-17(23-20)10-14(11-18(19)24)15-6-4-5-7-16(15)22/h4-7,12,14,23H,8-11H2,1-3H3/t14-/m0/s1. The maximum Gasteiger partial charge on any atom is 0.355 e. The number of esters is 1. The van der Waals surface area contributed by atoms with Crippen LogP contribution in [0.2, 0.25) is 5.02 Å². The summed E-state index contributed by atoms with van der Waals surface area (Å²) in [6, 6.07) is 7.57. The fraction of sp³-hybridized carbons (Fsp3) is 0.429. The lowest BCUT2D eigenvalue weighted by molar-refractivity contribution is 0.0172. The van der Waals surface area contributed by atoms with Crippen molar-refractivity contribution in [1.29, 1.82) is 0 Å². The minimum atomic E-state index is -0.462. The molecule has 0 fully saturated rings. The van der Waals surface area contributed by atoms with Gasteiger partial charge in [-0.15, -0.1) is 0 Å². The lowest BCUT2D eigenvalue weighted by Crippen LogP contribution is -2.18. The first-order valence-electron chi connectivity index (χ1n) is 9.16. The van der Waals surface area contributed by atoms with E-state index >= 15 is 0 Å². The van der Waals surface area contributed by atoms with E-state index in [2.05, 4.69) is 4.98 Å². The summed E-state index contributed by atoms with van der Waals surface area (Å²) in [5.41, 5.74) is 3.35. The average molecular weight is 390 g/mol. The zero-order chi connectivity index (χ0) is 19.6. The smallest absolute Gasteiger partial charge is 0.355 e. The molecule has 6 heteroatoms. The summed E-state index contributed by atoms with van der Waals surface area (Å²) in [7, 11) is 0. The number of aromatic nitrogens is 1. The van der Waals surface area contributed by atoms with E-state index in [1.54, 1.807) is 6.92 Å². The second kappa shape index (κ2) is 8.28. The predicted molar refractivity (Wildman–Crippen MR) is 104 cm³/mol. The molecular formula is C21H24ClNO4. The molecule has 1 heterocycles. The fourth-order valence-electron chi connectivity index (χ4n) is 3.55. The second-order valence-electron chi connectivity index (χ2n) is 7.08. The Morgan fingerprint density at radius 2 is 2.00 bits per heavy atom. The highest BCUT2D eigenvalue weighted by molar-refractivity contribution is 6.31. The van der Waals surface area contributed by atoms with Gasteiger partial charge >= 0.3 is 5.97 Å². The Bertz CT molecular complexity index is 856. The van der Waals surface area contributed by atoms with Crippen LogP contribution < -0.4 is 0 Å². The number of Topliss-reactive ketones (excluding diaryl/α,β-unsaturated/α-hetero) is 1. The Labute approximate surface area is 164 Å². The van der Waals surface area contributed by atoms with E-state index < -0.39 is 5.97 Å². The maximum atomic E-state index is 12.7. The zero-order valence-corrected chi connectivity index (χ0v) is 16.6. The van der Waals surface area contributed by atoms with Crippen molar-refractivity contribution in [2.75, 3.05) is 13.2 Å². The van der Waals surface area contributed by atoms with Crippen LogP contribution in [0, 0.1) is 6.92 Å². The Kier molecular flexibility index (Phi) is 6.02. The molecule has 1 atom stereocenters. The Morgan fingerprint density at radius 1 is 1.26 bits per heavy atom. The third-order valence-corrected chi connectivity index (χ3v) is 5.15. The average Bonchev–Trinajstić information content (AvgIpc) is 2.96. The number of H-pyrrole nitrogens is 1. The summed E-state index contributed by atoms with van der Waals surface area (Å²) >= 11 is 6.30. The number of ketones is 1. The number of nitrogens with one attached hydrogen (secondary N) is 1. The van der Waals surface area contributed by atoms with E-state index in [0.717, 1.165) is 11.3 Å². The molecular weight excluding hydrogens is 366 g/mol. The van der Waals surface area contributed by atoms with Crippen LogP contribution in [-0.2, 0) is 15.9 Å². The number of fused-ring (bicyclic) bond motifs is 1. The van der Waals surface area contributed by atoms with Gasteiger partial charge in [0.2, 0.25) is 0 Å². The molecule has 0 saturated carbocycles. The van der Waals surface area contributed by atoms with Gasteiger partial charge in [0.15, 0.2) is 5.78 Å². The summed E-state index contributed by atoms with van der Waals surface area (Å²) in [4.78, 5) is 28.3. The predicted octanol–water partition coefficient (Wildman–Crippen LogP) is 4.47. The number of ether oxygens (including phenoxy) is 2. The molecule has 0 aliphatic heterocycles. The topological polar surface area (TPSA) is 68.4 Å². The van der Waals surface area contributed by atoms with Gasteiger partial charge in [0.25, 0.3) is 0 Å². The molecule has 0 saturated heterocycles. The number of hydrogen-bond acceptors (Lipinski definition) is 4. The van der Waals surface area contributed by atoms with E-state index in [9.17, 15) is 9.59 Å². The first kappa shape index (κ1) is 19.6.